The first-order valence-corrected chi connectivity index (χ1v) is 5.80. The summed E-state index contributed by atoms with van der Waals surface area (Å²) in [6.45, 7) is 2.22. The minimum atomic E-state index is 1.33. The van der Waals surface area contributed by atoms with E-state index in [9.17, 15) is 0 Å². The molecule has 0 aromatic rings. The molecule has 0 aromatic heterocycles. The lowest BCUT2D eigenvalue weighted by Gasteiger charge is -2.05. The van der Waals surface area contributed by atoms with Gasteiger partial charge in [0.05, 0.1) is 0 Å². The molecule has 1 fully saturated rings. The maximum absolute atomic E-state index is 2.22. The third kappa shape index (κ3) is 8.35. The highest BCUT2D eigenvalue weighted by Gasteiger charge is 1.95. The van der Waals surface area contributed by atoms with Gasteiger partial charge in [-0.25, -0.2) is 0 Å². The van der Waals surface area contributed by atoms with Crippen LogP contribution in [0.25, 0.3) is 0 Å². The van der Waals surface area contributed by atoms with E-state index in [4.69, 9.17) is 0 Å². The van der Waals surface area contributed by atoms with E-state index < -0.39 is 0 Å². The summed E-state index contributed by atoms with van der Waals surface area (Å²) in [7, 11) is 0. The van der Waals surface area contributed by atoms with E-state index in [1.54, 1.807) is 0 Å². The van der Waals surface area contributed by atoms with Gasteiger partial charge in [0.2, 0.25) is 0 Å². The second-order valence-electron chi connectivity index (χ2n) is 2.76. The third-order valence-corrected chi connectivity index (χ3v) is 2.40. The summed E-state index contributed by atoms with van der Waals surface area (Å²) in [4.78, 5) is 0. The van der Waals surface area contributed by atoms with Gasteiger partial charge in [-0.05, 0) is 18.4 Å². The molecule has 0 N–H and O–H groups in total. The van der Waals surface area contributed by atoms with Crippen molar-refractivity contribution in [1.29, 1.82) is 0 Å². The lowest BCUT2D eigenvalue weighted by molar-refractivity contribution is 0.504. The molecule has 0 saturated heterocycles. The summed E-state index contributed by atoms with van der Waals surface area (Å²) in [6.07, 6.45) is 10.9. The van der Waals surface area contributed by atoms with Crippen LogP contribution < -0.4 is 0 Å². The fourth-order valence-electron chi connectivity index (χ4n) is 0.539. The zero-order valence-corrected chi connectivity index (χ0v) is 8.17. The number of unbranched alkanes of at least 4 members (excludes halogenated alkanes) is 1. The molecule has 1 aliphatic carbocycles. The Balaban J connectivity index is 0.000000172. The van der Waals surface area contributed by atoms with Gasteiger partial charge in [0.1, 0.15) is 0 Å². The highest BCUT2D eigenvalue weighted by atomic mass is 32.2. The predicted molar refractivity (Wildman–Crippen MR) is 51.8 cm³/mol. The van der Waals surface area contributed by atoms with E-state index in [1.807, 2.05) is 11.8 Å². The Morgan fingerprint density at radius 2 is 1.60 bits per heavy atom. The Morgan fingerprint density at radius 3 is 1.70 bits per heavy atom. The fraction of sp³-hybridized carbons (Fsp3) is 1.00. The zero-order valence-electron chi connectivity index (χ0n) is 7.36. The van der Waals surface area contributed by atoms with E-state index in [2.05, 4.69) is 13.2 Å². The number of rotatable bonds is 3. The van der Waals surface area contributed by atoms with Crippen molar-refractivity contribution in [2.24, 2.45) is 0 Å². The molecule has 0 bridgehead atoms. The van der Waals surface area contributed by atoms with Crippen LogP contribution in [0.5, 0.6) is 0 Å². The molecule has 1 rings (SSSR count). The minimum absolute atomic E-state index is 1.33. The van der Waals surface area contributed by atoms with Gasteiger partial charge in [-0.3, -0.25) is 0 Å². The SMILES string of the molecule is C1CCC1.CCCCSC. The Kier molecular flexibility index (Phi) is 9.68. The second-order valence-corrected chi connectivity index (χ2v) is 3.75. The van der Waals surface area contributed by atoms with Crippen LogP contribution in [0.2, 0.25) is 0 Å². The van der Waals surface area contributed by atoms with E-state index in [0.29, 0.717) is 0 Å². The van der Waals surface area contributed by atoms with Gasteiger partial charge in [-0.2, -0.15) is 11.8 Å². The first-order valence-electron chi connectivity index (χ1n) is 4.40. The molecule has 0 radical (unpaired) electrons. The molecule has 0 aromatic carbocycles. The zero-order chi connectivity index (χ0) is 7.66. The van der Waals surface area contributed by atoms with Crippen molar-refractivity contribution in [3.05, 3.63) is 0 Å². The highest BCUT2D eigenvalue weighted by Crippen LogP contribution is 2.15. The standard InChI is InChI=1S/C5H12S.C4H8/c1-3-4-5-6-2;1-2-4-3-1/h3-5H2,1-2H3;1-4H2. The average molecular weight is 160 g/mol. The van der Waals surface area contributed by atoms with Gasteiger partial charge in [0.15, 0.2) is 0 Å². The lowest BCUT2D eigenvalue weighted by Crippen LogP contribution is -1.85. The normalized spacial score (nSPS) is 15.0. The van der Waals surface area contributed by atoms with Crippen molar-refractivity contribution in [3.8, 4) is 0 Å². The summed E-state index contributed by atoms with van der Waals surface area (Å²) in [5.41, 5.74) is 0. The third-order valence-electron chi connectivity index (χ3n) is 1.70. The maximum Gasteiger partial charge on any atom is -0.00704 e. The molecule has 0 amide bonds. The molecule has 0 aliphatic heterocycles. The number of hydrogen-bond acceptors (Lipinski definition) is 1. The molecule has 1 heteroatoms. The summed E-state index contributed by atoms with van der Waals surface area (Å²) in [5, 5.41) is 0. The van der Waals surface area contributed by atoms with Crippen LogP contribution >= 0.6 is 11.8 Å². The Hall–Kier alpha value is 0.350. The monoisotopic (exact) mass is 160 g/mol. The Labute approximate surface area is 69.8 Å². The smallest absolute Gasteiger partial charge is 0.00704 e. The van der Waals surface area contributed by atoms with Gasteiger partial charge in [-0.1, -0.05) is 39.0 Å². The molecule has 10 heavy (non-hydrogen) atoms. The summed E-state index contributed by atoms with van der Waals surface area (Å²) < 4.78 is 0. The molecule has 0 heterocycles. The van der Waals surface area contributed by atoms with Crippen molar-refractivity contribution >= 4 is 11.8 Å². The molecule has 0 atom stereocenters. The van der Waals surface area contributed by atoms with Crippen LogP contribution in [0.4, 0.5) is 0 Å². The van der Waals surface area contributed by atoms with Gasteiger partial charge in [-0.15, -0.1) is 0 Å². The topological polar surface area (TPSA) is 0 Å². The quantitative estimate of drug-likeness (QED) is 0.567. The molecule has 1 aliphatic rings. The average Bonchev–Trinajstić information content (AvgIpc) is 1.79. The maximum atomic E-state index is 2.22. The van der Waals surface area contributed by atoms with Crippen LogP contribution in [0.15, 0.2) is 0 Å². The van der Waals surface area contributed by atoms with Crippen molar-refractivity contribution in [1.82, 2.24) is 0 Å². The number of hydrogen-bond donors (Lipinski definition) is 0. The van der Waals surface area contributed by atoms with Crippen LogP contribution in [-0.4, -0.2) is 12.0 Å². The second kappa shape index (κ2) is 9.35. The first-order chi connectivity index (χ1) is 4.91. The largest absolute Gasteiger partial charge is 0.165 e. The van der Waals surface area contributed by atoms with Crippen LogP contribution in [0.1, 0.15) is 45.4 Å². The van der Waals surface area contributed by atoms with Crippen molar-refractivity contribution in [2.75, 3.05) is 12.0 Å². The summed E-state index contributed by atoms with van der Waals surface area (Å²) in [6, 6.07) is 0. The molecule has 0 unspecified atom stereocenters. The van der Waals surface area contributed by atoms with E-state index >= 15 is 0 Å². The summed E-state index contributed by atoms with van der Waals surface area (Å²) in [5.74, 6) is 1.33. The van der Waals surface area contributed by atoms with Gasteiger partial charge >= 0.3 is 0 Å². The van der Waals surface area contributed by atoms with Gasteiger partial charge in [0.25, 0.3) is 0 Å². The van der Waals surface area contributed by atoms with E-state index in [1.165, 1.54) is 44.3 Å². The Morgan fingerprint density at radius 1 is 1.10 bits per heavy atom. The predicted octanol–water partition coefficient (Wildman–Crippen LogP) is 3.71. The first kappa shape index (κ1) is 10.3. The van der Waals surface area contributed by atoms with Gasteiger partial charge in [0, 0.05) is 0 Å². The Bertz CT molecular complexity index is 40.7. The van der Waals surface area contributed by atoms with Crippen molar-refractivity contribution in [2.45, 2.75) is 45.4 Å². The summed E-state index contributed by atoms with van der Waals surface area (Å²) >= 11 is 1.93. The lowest BCUT2D eigenvalue weighted by atomic mass is 10.0. The molecule has 1 saturated carbocycles. The molecular formula is C9H20S. The van der Waals surface area contributed by atoms with Crippen molar-refractivity contribution in [3.63, 3.8) is 0 Å². The fourth-order valence-corrected chi connectivity index (χ4v) is 1.12. The van der Waals surface area contributed by atoms with Crippen LogP contribution in [0, 0.1) is 0 Å². The highest BCUT2D eigenvalue weighted by molar-refractivity contribution is 7.98. The van der Waals surface area contributed by atoms with E-state index in [-0.39, 0.29) is 0 Å². The molecule has 0 spiro atoms. The molecule has 0 nitrogen and oxygen atoms in total. The number of thioether (sulfide) groups is 1. The minimum Gasteiger partial charge on any atom is -0.165 e. The van der Waals surface area contributed by atoms with Crippen LogP contribution in [-0.2, 0) is 0 Å². The molecule has 62 valence electrons. The van der Waals surface area contributed by atoms with Crippen LogP contribution in [0.3, 0.4) is 0 Å². The molecular weight excluding hydrogens is 140 g/mol. The van der Waals surface area contributed by atoms with E-state index in [0.717, 1.165) is 0 Å². The van der Waals surface area contributed by atoms with Crippen molar-refractivity contribution < 1.29 is 0 Å². The van der Waals surface area contributed by atoms with Gasteiger partial charge < -0.3 is 0 Å².